The summed E-state index contributed by atoms with van der Waals surface area (Å²) in [6, 6.07) is 10.3. The summed E-state index contributed by atoms with van der Waals surface area (Å²) >= 11 is 0. The van der Waals surface area contributed by atoms with E-state index in [1.807, 2.05) is 45.9 Å². The zero-order chi connectivity index (χ0) is 25.7. The summed E-state index contributed by atoms with van der Waals surface area (Å²) in [5.74, 6) is -0.0608. The summed E-state index contributed by atoms with van der Waals surface area (Å²) in [6.45, 7) is 7.44. The van der Waals surface area contributed by atoms with Crippen LogP contribution in [0, 0.1) is 10.8 Å². The molecule has 1 saturated heterocycles. The van der Waals surface area contributed by atoms with E-state index in [0.29, 0.717) is 53.0 Å². The maximum Gasteiger partial charge on any atom is 0.351 e. The number of hydrogen-bond donors (Lipinski definition) is 0. The Hall–Kier alpha value is -3.68. The van der Waals surface area contributed by atoms with Crippen LogP contribution in [-0.2, 0) is 38.7 Å². The number of pyridine rings is 1. The first-order valence-corrected chi connectivity index (χ1v) is 12.1. The minimum atomic E-state index is -1.35. The number of carbonyl (C=O) groups excluding carboxylic acids is 2. The number of rotatable bonds is 7. The molecular weight excluding hydrogens is 462 g/mol. The largest absolute Gasteiger partial charge is 0.487 e. The molecule has 3 heterocycles. The normalized spacial score (nSPS) is 24.1. The number of hydrogen-bond acceptors (Lipinski definition) is 8. The van der Waals surface area contributed by atoms with Gasteiger partial charge < -0.3 is 18.6 Å². The Labute approximate surface area is 208 Å². The monoisotopic (exact) mass is 491 g/mol. The molecule has 3 aromatic rings. The van der Waals surface area contributed by atoms with Crippen molar-refractivity contribution < 1.29 is 28.2 Å². The molecule has 188 valence electrons. The topological polar surface area (TPSA) is 105 Å². The highest BCUT2D eigenvalue weighted by atomic mass is 16.6. The lowest BCUT2D eigenvalue weighted by Gasteiger charge is -2.34. The second-order valence-corrected chi connectivity index (χ2v) is 10.2. The van der Waals surface area contributed by atoms with Crippen molar-refractivity contribution in [3.63, 3.8) is 0 Å². The fraction of sp³-hybridized carbons (Fsp3) is 0.429. The second kappa shape index (κ2) is 8.47. The van der Waals surface area contributed by atoms with Crippen LogP contribution in [0.3, 0.4) is 0 Å². The van der Waals surface area contributed by atoms with Crippen molar-refractivity contribution >= 4 is 22.9 Å². The van der Waals surface area contributed by atoms with Crippen LogP contribution in [-0.4, -0.2) is 22.5 Å². The molecule has 2 aliphatic rings. The molecule has 2 bridgehead atoms. The van der Waals surface area contributed by atoms with Gasteiger partial charge in [0.15, 0.2) is 5.43 Å². The molecule has 1 saturated carbocycles. The van der Waals surface area contributed by atoms with E-state index < -0.39 is 22.4 Å². The molecule has 2 fully saturated rings. The van der Waals surface area contributed by atoms with E-state index in [4.69, 9.17) is 18.6 Å². The Kier molecular flexibility index (Phi) is 5.65. The predicted molar refractivity (Wildman–Crippen MR) is 130 cm³/mol. The quantitative estimate of drug-likeness (QED) is 0.445. The van der Waals surface area contributed by atoms with Crippen molar-refractivity contribution in [2.75, 3.05) is 0 Å². The highest BCUT2D eigenvalue weighted by molar-refractivity contribution is 5.93. The molecule has 0 spiro atoms. The molecule has 8 heteroatoms. The second-order valence-electron chi connectivity index (χ2n) is 10.2. The Morgan fingerprint density at radius 3 is 2.53 bits per heavy atom. The van der Waals surface area contributed by atoms with Crippen molar-refractivity contribution in [1.29, 1.82) is 0 Å². The first-order chi connectivity index (χ1) is 17.1. The van der Waals surface area contributed by atoms with Crippen LogP contribution in [0.25, 0.3) is 11.0 Å². The predicted octanol–water partition coefficient (Wildman–Crippen LogP) is 4.49. The van der Waals surface area contributed by atoms with Crippen LogP contribution in [0.2, 0.25) is 0 Å². The standard InChI is InChI=1S/C28H29NO7/c1-5-18-14-21(30)19-9-10-22(33-15-17-8-6-7-13-29-17)20(23(19)35-18)16-34-25(32)28-12-11-27(4,24(31)36-28)26(28,2)3/h6-10,13-14H,5,11-12,15-16H2,1-4H3/t27-,28+/m1/s1. The highest BCUT2D eigenvalue weighted by Gasteiger charge is 2.76. The van der Waals surface area contributed by atoms with Gasteiger partial charge in [0.1, 0.15) is 30.3 Å². The Morgan fingerprint density at radius 2 is 1.89 bits per heavy atom. The number of nitrogens with zero attached hydrogens (tertiary/aromatic N) is 1. The van der Waals surface area contributed by atoms with E-state index in [2.05, 4.69) is 4.98 Å². The van der Waals surface area contributed by atoms with Crippen LogP contribution in [0.15, 0.2) is 51.8 Å². The van der Waals surface area contributed by atoms with Gasteiger partial charge in [-0.05, 0) is 44.0 Å². The van der Waals surface area contributed by atoms with Gasteiger partial charge in [0, 0.05) is 24.1 Å². The van der Waals surface area contributed by atoms with Gasteiger partial charge in [-0.25, -0.2) is 4.79 Å². The number of aromatic nitrogens is 1. The summed E-state index contributed by atoms with van der Waals surface area (Å²) in [7, 11) is 0. The molecular formula is C28H29NO7. The van der Waals surface area contributed by atoms with Gasteiger partial charge in [-0.3, -0.25) is 14.6 Å². The lowest BCUT2D eigenvalue weighted by Crippen LogP contribution is -2.48. The first kappa shape index (κ1) is 24.0. The van der Waals surface area contributed by atoms with Gasteiger partial charge in [0.2, 0.25) is 5.60 Å². The van der Waals surface area contributed by atoms with Crippen molar-refractivity contribution in [2.24, 2.45) is 10.8 Å². The minimum absolute atomic E-state index is 0.179. The van der Waals surface area contributed by atoms with E-state index in [9.17, 15) is 14.4 Å². The number of ether oxygens (including phenoxy) is 3. The average molecular weight is 492 g/mol. The van der Waals surface area contributed by atoms with Gasteiger partial charge in [-0.1, -0.05) is 26.8 Å². The van der Waals surface area contributed by atoms with Crippen molar-refractivity contribution in [1.82, 2.24) is 4.98 Å². The third-order valence-corrected chi connectivity index (χ3v) is 8.22. The number of carbonyl (C=O) groups is 2. The Balaban J connectivity index is 1.50. The third kappa shape index (κ3) is 3.42. The molecule has 5 rings (SSSR count). The molecule has 2 aromatic heterocycles. The number of benzene rings is 1. The van der Waals surface area contributed by atoms with Crippen LogP contribution in [0.4, 0.5) is 0 Å². The summed E-state index contributed by atoms with van der Waals surface area (Å²) in [5, 5.41) is 0.364. The molecule has 1 aliphatic heterocycles. The van der Waals surface area contributed by atoms with Gasteiger partial charge in [0.25, 0.3) is 0 Å². The summed E-state index contributed by atoms with van der Waals surface area (Å²) < 4.78 is 23.5. The molecule has 36 heavy (non-hydrogen) atoms. The van der Waals surface area contributed by atoms with Gasteiger partial charge in [-0.2, -0.15) is 0 Å². The summed E-state index contributed by atoms with van der Waals surface area (Å²) in [4.78, 5) is 43.1. The van der Waals surface area contributed by atoms with Crippen molar-refractivity contribution in [3.05, 3.63) is 69.8 Å². The maximum atomic E-state index is 13.5. The fourth-order valence-corrected chi connectivity index (χ4v) is 5.34. The van der Waals surface area contributed by atoms with Crippen molar-refractivity contribution in [2.45, 2.75) is 65.8 Å². The molecule has 8 nitrogen and oxygen atoms in total. The number of fused-ring (bicyclic) bond motifs is 3. The average Bonchev–Trinajstić information content (AvgIpc) is 3.17. The number of esters is 2. The van der Waals surface area contributed by atoms with Crippen molar-refractivity contribution in [3.8, 4) is 5.75 Å². The zero-order valence-corrected chi connectivity index (χ0v) is 20.9. The molecule has 0 radical (unpaired) electrons. The molecule has 0 unspecified atom stereocenters. The van der Waals surface area contributed by atoms with Crippen LogP contribution >= 0.6 is 0 Å². The highest BCUT2D eigenvalue weighted by Crippen LogP contribution is 2.65. The molecule has 1 aliphatic carbocycles. The Bertz CT molecular complexity index is 1410. The van der Waals surface area contributed by atoms with E-state index in [-0.39, 0.29) is 24.6 Å². The van der Waals surface area contributed by atoms with E-state index in [1.54, 1.807) is 18.3 Å². The van der Waals surface area contributed by atoms with E-state index >= 15 is 0 Å². The Morgan fingerprint density at radius 1 is 1.08 bits per heavy atom. The van der Waals surface area contributed by atoms with Crippen LogP contribution in [0.1, 0.15) is 57.6 Å². The number of aryl methyl sites for hydroxylation is 1. The first-order valence-electron chi connectivity index (χ1n) is 12.1. The molecule has 2 atom stereocenters. The molecule has 0 amide bonds. The smallest absolute Gasteiger partial charge is 0.351 e. The summed E-state index contributed by atoms with van der Waals surface area (Å²) in [6.07, 6.45) is 3.15. The lowest BCUT2D eigenvalue weighted by atomic mass is 9.66. The lowest BCUT2D eigenvalue weighted by molar-refractivity contribution is -0.184. The maximum absolute atomic E-state index is 13.5. The van der Waals surface area contributed by atoms with Crippen LogP contribution in [0.5, 0.6) is 5.75 Å². The minimum Gasteiger partial charge on any atom is -0.487 e. The fourth-order valence-electron chi connectivity index (χ4n) is 5.34. The molecule has 0 N–H and O–H groups in total. The SMILES string of the molecule is CCc1cc(=O)c2ccc(OCc3ccccn3)c(COC(=O)[C@]34CC[C@](C)(C(=O)O3)C4(C)C)c2o1. The van der Waals surface area contributed by atoms with Gasteiger partial charge in [0.05, 0.1) is 22.1 Å². The molecule has 1 aromatic carbocycles. The van der Waals surface area contributed by atoms with Gasteiger partial charge >= 0.3 is 11.9 Å². The third-order valence-electron chi connectivity index (χ3n) is 8.22. The van der Waals surface area contributed by atoms with Crippen LogP contribution < -0.4 is 10.2 Å². The van der Waals surface area contributed by atoms with Gasteiger partial charge in [-0.15, -0.1) is 0 Å². The van der Waals surface area contributed by atoms with E-state index in [0.717, 1.165) is 0 Å². The summed E-state index contributed by atoms with van der Waals surface area (Å²) in [5.41, 5.74) is -1.56. The van der Waals surface area contributed by atoms with E-state index in [1.165, 1.54) is 6.07 Å². The zero-order valence-electron chi connectivity index (χ0n) is 20.9.